The van der Waals surface area contributed by atoms with Crippen LogP contribution in [0.3, 0.4) is 0 Å². The van der Waals surface area contributed by atoms with E-state index < -0.39 is 22.0 Å². The predicted molar refractivity (Wildman–Crippen MR) is 97.9 cm³/mol. The summed E-state index contributed by atoms with van der Waals surface area (Å²) in [5, 5.41) is 10.0. The SMILES string of the molecule is CCCC[C@@H](NS(=O)(=O)c1cc2c3c(c1)c(C)cc(=O)n3CC2)C(=O)O. The van der Waals surface area contributed by atoms with E-state index in [1.807, 2.05) is 6.92 Å². The van der Waals surface area contributed by atoms with Crippen LogP contribution in [-0.4, -0.2) is 30.1 Å². The molecule has 0 bridgehead atoms. The molecule has 140 valence electrons. The Balaban J connectivity index is 2.06. The molecule has 0 radical (unpaired) electrons. The molecule has 0 spiro atoms. The highest BCUT2D eigenvalue weighted by molar-refractivity contribution is 7.89. The summed E-state index contributed by atoms with van der Waals surface area (Å²) in [6.07, 6.45) is 2.22. The van der Waals surface area contributed by atoms with Gasteiger partial charge in [0.05, 0.1) is 10.4 Å². The first kappa shape index (κ1) is 18.6. The van der Waals surface area contributed by atoms with Crippen molar-refractivity contribution >= 4 is 26.9 Å². The molecule has 0 fully saturated rings. The van der Waals surface area contributed by atoms with Gasteiger partial charge in [0.15, 0.2) is 0 Å². The van der Waals surface area contributed by atoms with Crippen molar-refractivity contribution in [1.82, 2.24) is 9.29 Å². The zero-order valence-electron chi connectivity index (χ0n) is 14.8. The van der Waals surface area contributed by atoms with Crippen molar-refractivity contribution in [1.29, 1.82) is 0 Å². The number of aliphatic carboxylic acids is 1. The second-order valence-electron chi connectivity index (χ2n) is 6.70. The molecule has 2 N–H and O–H groups in total. The van der Waals surface area contributed by atoms with Crippen LogP contribution in [0.25, 0.3) is 10.9 Å². The molecule has 3 rings (SSSR count). The number of benzene rings is 1. The van der Waals surface area contributed by atoms with Gasteiger partial charge in [-0.2, -0.15) is 4.72 Å². The Morgan fingerprint density at radius 3 is 2.73 bits per heavy atom. The van der Waals surface area contributed by atoms with Gasteiger partial charge in [0, 0.05) is 18.0 Å². The minimum atomic E-state index is -3.98. The van der Waals surface area contributed by atoms with Gasteiger partial charge in [-0.1, -0.05) is 19.8 Å². The van der Waals surface area contributed by atoms with Gasteiger partial charge in [-0.3, -0.25) is 9.59 Å². The fourth-order valence-corrected chi connectivity index (χ4v) is 4.73. The maximum Gasteiger partial charge on any atom is 0.321 e. The predicted octanol–water partition coefficient (Wildman–Crippen LogP) is 1.79. The van der Waals surface area contributed by atoms with Gasteiger partial charge in [0.1, 0.15) is 6.04 Å². The van der Waals surface area contributed by atoms with Crippen LogP contribution >= 0.6 is 0 Å². The second kappa shape index (κ2) is 6.85. The fraction of sp³-hybridized carbons (Fsp3) is 0.444. The Morgan fingerprint density at radius 2 is 2.08 bits per heavy atom. The van der Waals surface area contributed by atoms with E-state index >= 15 is 0 Å². The van der Waals surface area contributed by atoms with Crippen molar-refractivity contribution in [3.63, 3.8) is 0 Å². The molecule has 2 aromatic rings. The minimum absolute atomic E-state index is 0.0398. The third-order valence-electron chi connectivity index (χ3n) is 4.82. The molecule has 7 nitrogen and oxygen atoms in total. The number of unbranched alkanes of at least 4 members (excludes halogenated alkanes) is 1. The van der Waals surface area contributed by atoms with Gasteiger partial charge in [0.2, 0.25) is 10.0 Å². The molecule has 0 saturated heterocycles. The zero-order chi connectivity index (χ0) is 19.1. The summed E-state index contributed by atoms with van der Waals surface area (Å²) in [5.74, 6) is -1.18. The molecule has 1 aliphatic rings. The largest absolute Gasteiger partial charge is 0.480 e. The highest BCUT2D eigenvalue weighted by Gasteiger charge is 2.27. The summed E-state index contributed by atoms with van der Waals surface area (Å²) >= 11 is 0. The van der Waals surface area contributed by atoms with E-state index in [0.717, 1.165) is 17.5 Å². The van der Waals surface area contributed by atoms with Gasteiger partial charge in [0.25, 0.3) is 5.56 Å². The summed E-state index contributed by atoms with van der Waals surface area (Å²) in [6, 6.07) is 3.42. The lowest BCUT2D eigenvalue weighted by Crippen LogP contribution is -2.40. The molecule has 1 aromatic carbocycles. The lowest BCUT2D eigenvalue weighted by molar-refractivity contribution is -0.139. The number of carboxylic acid groups (broad SMARTS) is 1. The minimum Gasteiger partial charge on any atom is -0.480 e. The second-order valence-corrected chi connectivity index (χ2v) is 8.41. The van der Waals surface area contributed by atoms with Crippen LogP contribution in [0.15, 0.2) is 27.9 Å². The van der Waals surface area contributed by atoms with Crippen molar-refractivity contribution < 1.29 is 18.3 Å². The maximum absolute atomic E-state index is 12.8. The highest BCUT2D eigenvalue weighted by Crippen LogP contribution is 2.29. The molecule has 0 aliphatic carbocycles. The topological polar surface area (TPSA) is 105 Å². The molecule has 0 amide bonds. The standard InChI is InChI=1S/C18H22N2O5S/c1-3-4-5-15(18(22)23)19-26(24,25)13-9-12-6-7-20-16(21)8-11(2)14(10-13)17(12)20/h8-10,15,19H,3-7H2,1-2H3,(H,22,23)/t15-/m1/s1. The van der Waals surface area contributed by atoms with E-state index in [1.54, 1.807) is 17.6 Å². The summed E-state index contributed by atoms with van der Waals surface area (Å²) in [7, 11) is -3.98. The molecule has 8 heteroatoms. The lowest BCUT2D eigenvalue weighted by Gasteiger charge is -2.16. The van der Waals surface area contributed by atoms with Gasteiger partial charge in [-0.25, -0.2) is 8.42 Å². The van der Waals surface area contributed by atoms with Crippen molar-refractivity contribution in [2.45, 2.75) is 57.0 Å². The number of hydrogen-bond acceptors (Lipinski definition) is 4. The highest BCUT2D eigenvalue weighted by atomic mass is 32.2. The third-order valence-corrected chi connectivity index (χ3v) is 6.27. The van der Waals surface area contributed by atoms with E-state index in [9.17, 15) is 23.1 Å². The van der Waals surface area contributed by atoms with E-state index in [4.69, 9.17) is 0 Å². The van der Waals surface area contributed by atoms with Crippen molar-refractivity contribution in [2.75, 3.05) is 0 Å². The van der Waals surface area contributed by atoms with Crippen molar-refractivity contribution in [3.8, 4) is 0 Å². The van der Waals surface area contributed by atoms with E-state index in [2.05, 4.69) is 4.72 Å². The quantitative estimate of drug-likeness (QED) is 0.764. The lowest BCUT2D eigenvalue weighted by atomic mass is 10.1. The number of pyridine rings is 1. The average Bonchev–Trinajstić information content (AvgIpc) is 3.00. The van der Waals surface area contributed by atoms with Crippen LogP contribution in [0, 0.1) is 6.92 Å². The molecule has 2 heterocycles. The smallest absolute Gasteiger partial charge is 0.321 e. The Hall–Kier alpha value is -2.19. The van der Waals surface area contributed by atoms with Crippen LogP contribution in [0.2, 0.25) is 0 Å². The number of carboxylic acids is 1. The molecule has 1 aromatic heterocycles. The molecular weight excluding hydrogens is 356 g/mol. The summed E-state index contributed by atoms with van der Waals surface area (Å²) in [4.78, 5) is 23.5. The van der Waals surface area contributed by atoms with E-state index in [-0.39, 0.29) is 16.9 Å². The van der Waals surface area contributed by atoms with Crippen LogP contribution in [-0.2, 0) is 27.8 Å². The summed E-state index contributed by atoms with van der Waals surface area (Å²) in [5.41, 5.74) is 2.19. The first-order valence-electron chi connectivity index (χ1n) is 8.67. The van der Waals surface area contributed by atoms with Crippen LogP contribution in [0.4, 0.5) is 0 Å². The number of sulfonamides is 1. The molecular formula is C18H22N2O5S. The Labute approximate surface area is 151 Å². The number of aryl methyl sites for hydroxylation is 3. The maximum atomic E-state index is 12.8. The number of aromatic nitrogens is 1. The Kier molecular flexibility index (Phi) is 4.90. The first-order chi connectivity index (χ1) is 12.2. The molecule has 0 unspecified atom stereocenters. The third kappa shape index (κ3) is 3.26. The zero-order valence-corrected chi connectivity index (χ0v) is 15.6. The van der Waals surface area contributed by atoms with Crippen LogP contribution < -0.4 is 10.3 Å². The number of nitrogens with zero attached hydrogens (tertiary/aromatic N) is 1. The van der Waals surface area contributed by atoms with E-state index in [0.29, 0.717) is 30.3 Å². The van der Waals surface area contributed by atoms with Crippen molar-refractivity contribution in [2.24, 2.45) is 0 Å². The normalized spacial score (nSPS) is 14.7. The Bertz CT molecular complexity index is 1040. The average molecular weight is 378 g/mol. The number of rotatable bonds is 7. The molecule has 1 atom stereocenters. The summed E-state index contributed by atoms with van der Waals surface area (Å²) in [6.45, 7) is 4.21. The Morgan fingerprint density at radius 1 is 1.35 bits per heavy atom. The number of nitrogens with one attached hydrogen (secondary N) is 1. The van der Waals surface area contributed by atoms with Gasteiger partial charge >= 0.3 is 5.97 Å². The van der Waals surface area contributed by atoms with Gasteiger partial charge < -0.3 is 9.67 Å². The van der Waals surface area contributed by atoms with E-state index in [1.165, 1.54) is 12.1 Å². The number of carbonyl (C=O) groups is 1. The van der Waals surface area contributed by atoms with Crippen LogP contribution in [0.5, 0.6) is 0 Å². The van der Waals surface area contributed by atoms with Gasteiger partial charge in [-0.15, -0.1) is 0 Å². The number of hydrogen-bond donors (Lipinski definition) is 2. The summed E-state index contributed by atoms with van der Waals surface area (Å²) < 4.78 is 29.5. The molecule has 0 saturated carbocycles. The van der Waals surface area contributed by atoms with Gasteiger partial charge in [-0.05, 0) is 43.0 Å². The first-order valence-corrected chi connectivity index (χ1v) is 10.1. The molecule has 26 heavy (non-hydrogen) atoms. The monoisotopic (exact) mass is 378 g/mol. The molecule has 1 aliphatic heterocycles. The van der Waals surface area contributed by atoms with Crippen molar-refractivity contribution in [3.05, 3.63) is 39.7 Å². The fourth-order valence-electron chi connectivity index (χ4n) is 3.43. The van der Waals surface area contributed by atoms with Crippen LogP contribution in [0.1, 0.15) is 37.3 Å².